The van der Waals surface area contributed by atoms with E-state index in [-0.39, 0.29) is 17.5 Å². The van der Waals surface area contributed by atoms with Crippen LogP contribution < -0.4 is 15.3 Å². The maximum atomic E-state index is 12.1. The van der Waals surface area contributed by atoms with Crippen LogP contribution in [0.3, 0.4) is 0 Å². The van der Waals surface area contributed by atoms with E-state index < -0.39 is 12.0 Å². The number of anilines is 2. The molecule has 3 rings (SSSR count). The molecule has 138 valence electrons. The molecule has 0 aliphatic carbocycles. The molecule has 0 spiro atoms. The molecule has 8 nitrogen and oxygen atoms in total. The van der Waals surface area contributed by atoms with Gasteiger partial charge in [0.05, 0.1) is 5.56 Å². The van der Waals surface area contributed by atoms with Crippen molar-refractivity contribution in [3.63, 3.8) is 0 Å². The first kappa shape index (κ1) is 18.1. The van der Waals surface area contributed by atoms with Gasteiger partial charge in [0, 0.05) is 19.0 Å². The number of hydrogen-bond acceptors (Lipinski definition) is 4. The summed E-state index contributed by atoms with van der Waals surface area (Å²) in [4.78, 5) is 23.0. The molecule has 0 bridgehead atoms. The minimum absolute atomic E-state index is 0.0435. The van der Waals surface area contributed by atoms with Gasteiger partial charge in [-0.25, -0.2) is 9.59 Å². The van der Waals surface area contributed by atoms with Crippen molar-refractivity contribution in [1.29, 1.82) is 0 Å². The van der Waals surface area contributed by atoms with Gasteiger partial charge >= 0.3 is 17.9 Å². The van der Waals surface area contributed by atoms with Crippen molar-refractivity contribution in [2.75, 3.05) is 10.6 Å². The molecule has 1 aromatic heterocycles. The van der Waals surface area contributed by atoms with E-state index in [4.69, 9.17) is 9.63 Å². The standard InChI is InChI=1S/C19H18N4O4/c1-13(10-14-6-3-2-4-7-14)23-12-17(27-22-23)21-19(26)20-16-9-5-8-15(11-16)18(24)25/h2-9,11-13H,10H2,1H3,(H2-,20,21,22,24,25,26)/p+1. The number of urea groups is 1. The topological polar surface area (TPSA) is 108 Å². The van der Waals surface area contributed by atoms with E-state index in [9.17, 15) is 9.59 Å². The van der Waals surface area contributed by atoms with Crippen molar-refractivity contribution >= 4 is 23.6 Å². The lowest BCUT2D eigenvalue weighted by Crippen LogP contribution is -2.40. The van der Waals surface area contributed by atoms with E-state index in [2.05, 4.69) is 15.9 Å². The molecule has 8 heteroatoms. The molecule has 2 amide bonds. The Morgan fingerprint density at radius 1 is 1.15 bits per heavy atom. The molecule has 2 aromatic carbocycles. The average molecular weight is 367 g/mol. The highest BCUT2D eigenvalue weighted by molar-refractivity contribution is 5.99. The van der Waals surface area contributed by atoms with Gasteiger partial charge in [0.1, 0.15) is 0 Å². The third-order valence-corrected chi connectivity index (χ3v) is 3.91. The predicted molar refractivity (Wildman–Crippen MR) is 97.6 cm³/mol. The number of carbonyl (C=O) groups excluding carboxylic acids is 1. The Bertz CT molecular complexity index is 940. The first-order valence-corrected chi connectivity index (χ1v) is 8.34. The molecule has 27 heavy (non-hydrogen) atoms. The van der Waals surface area contributed by atoms with Crippen LogP contribution in [0.5, 0.6) is 0 Å². The van der Waals surface area contributed by atoms with E-state index in [1.807, 2.05) is 37.3 Å². The Labute approximate surface area is 155 Å². The van der Waals surface area contributed by atoms with E-state index >= 15 is 0 Å². The third kappa shape index (κ3) is 4.91. The van der Waals surface area contributed by atoms with Crippen molar-refractivity contribution in [2.45, 2.75) is 19.4 Å². The molecule has 1 unspecified atom stereocenters. The van der Waals surface area contributed by atoms with Gasteiger partial charge in [0.2, 0.25) is 5.27 Å². The van der Waals surface area contributed by atoms with Crippen molar-refractivity contribution < 1.29 is 23.9 Å². The van der Waals surface area contributed by atoms with Gasteiger partial charge in [-0.15, -0.1) is 0 Å². The van der Waals surface area contributed by atoms with Gasteiger partial charge in [-0.3, -0.25) is 9.84 Å². The van der Waals surface area contributed by atoms with Crippen LogP contribution in [-0.4, -0.2) is 22.4 Å². The van der Waals surface area contributed by atoms with E-state index in [1.54, 1.807) is 23.0 Å². The number of nitrogens with zero attached hydrogens (tertiary/aromatic N) is 2. The van der Waals surface area contributed by atoms with Gasteiger partial charge < -0.3 is 10.4 Å². The highest BCUT2D eigenvalue weighted by Gasteiger charge is 2.21. The summed E-state index contributed by atoms with van der Waals surface area (Å²) in [6, 6.07) is 15.4. The summed E-state index contributed by atoms with van der Waals surface area (Å²) < 4.78 is 6.77. The molecule has 1 atom stereocenters. The van der Waals surface area contributed by atoms with E-state index in [0.29, 0.717) is 5.69 Å². The minimum atomic E-state index is -1.07. The lowest BCUT2D eigenvalue weighted by atomic mass is 10.1. The SMILES string of the molecule is CC(Cc1ccccc1)[n+]1cc(NC(=O)Nc2cccc(C(=O)O)c2)on1. The number of rotatable bonds is 6. The lowest BCUT2D eigenvalue weighted by molar-refractivity contribution is -0.782. The number of aromatic carboxylic acids is 1. The quantitative estimate of drug-likeness (QED) is 0.580. The smallest absolute Gasteiger partial charge is 0.335 e. The van der Waals surface area contributed by atoms with Gasteiger partial charge in [-0.05, 0) is 28.4 Å². The fourth-order valence-electron chi connectivity index (χ4n) is 2.57. The number of aromatic nitrogens is 2. The Balaban J connectivity index is 1.59. The van der Waals surface area contributed by atoms with Gasteiger partial charge in [-0.1, -0.05) is 36.4 Å². The largest absolute Gasteiger partial charge is 0.478 e. The van der Waals surface area contributed by atoms with E-state index in [0.717, 1.165) is 6.42 Å². The van der Waals surface area contributed by atoms with E-state index in [1.165, 1.54) is 17.7 Å². The molecule has 0 fully saturated rings. The van der Waals surface area contributed by atoms with Gasteiger partial charge in [-0.2, -0.15) is 0 Å². The second-order valence-electron chi connectivity index (χ2n) is 6.05. The summed E-state index contributed by atoms with van der Waals surface area (Å²) in [5.41, 5.74) is 1.61. The maximum absolute atomic E-state index is 12.1. The molecule has 0 saturated carbocycles. The Kier molecular flexibility index (Phi) is 5.46. The zero-order valence-electron chi connectivity index (χ0n) is 14.6. The first-order valence-electron chi connectivity index (χ1n) is 8.34. The summed E-state index contributed by atoms with van der Waals surface area (Å²) in [7, 11) is 0. The number of benzene rings is 2. The van der Waals surface area contributed by atoms with Crippen molar-refractivity contribution in [3.05, 3.63) is 71.9 Å². The monoisotopic (exact) mass is 367 g/mol. The van der Waals surface area contributed by atoms with Crippen LogP contribution in [0, 0.1) is 0 Å². The van der Waals surface area contributed by atoms with Gasteiger partial charge in [0.15, 0.2) is 6.04 Å². The third-order valence-electron chi connectivity index (χ3n) is 3.91. The normalized spacial score (nSPS) is 11.6. The van der Waals surface area contributed by atoms with Crippen LogP contribution in [0.25, 0.3) is 0 Å². The Morgan fingerprint density at radius 2 is 1.93 bits per heavy atom. The highest BCUT2D eigenvalue weighted by atomic mass is 16.5. The molecule has 1 heterocycles. The first-order chi connectivity index (χ1) is 13.0. The number of carbonyl (C=O) groups is 2. The second-order valence-corrected chi connectivity index (χ2v) is 6.05. The highest BCUT2D eigenvalue weighted by Crippen LogP contribution is 2.12. The lowest BCUT2D eigenvalue weighted by Gasteiger charge is -2.05. The summed E-state index contributed by atoms with van der Waals surface area (Å²) in [5, 5.41) is 18.0. The van der Waals surface area contributed by atoms with Crippen LogP contribution in [-0.2, 0) is 6.42 Å². The summed E-state index contributed by atoms with van der Waals surface area (Å²) >= 11 is 0. The summed E-state index contributed by atoms with van der Waals surface area (Å²) in [5.74, 6) is -0.885. The summed E-state index contributed by atoms with van der Waals surface area (Å²) in [6.07, 6.45) is 2.37. The number of nitrogens with one attached hydrogen (secondary N) is 2. The average Bonchev–Trinajstić information content (AvgIpc) is 3.11. The zero-order chi connectivity index (χ0) is 19.2. The fraction of sp³-hybridized carbons (Fsp3) is 0.158. The molecule has 0 aliphatic heterocycles. The molecule has 3 aromatic rings. The molecule has 0 saturated heterocycles. The van der Waals surface area contributed by atoms with Crippen molar-refractivity contribution in [1.82, 2.24) is 5.27 Å². The molecule has 0 aliphatic rings. The van der Waals surface area contributed by atoms with Crippen molar-refractivity contribution in [3.8, 4) is 0 Å². The number of amides is 2. The second kappa shape index (κ2) is 8.13. The number of hydrogen-bond donors (Lipinski definition) is 3. The van der Waals surface area contributed by atoms with Crippen LogP contribution in [0.2, 0.25) is 0 Å². The fourth-order valence-corrected chi connectivity index (χ4v) is 2.57. The molecule has 0 radical (unpaired) electrons. The summed E-state index contributed by atoms with van der Waals surface area (Å²) in [6.45, 7) is 2.00. The predicted octanol–water partition coefficient (Wildman–Crippen LogP) is 3.11. The van der Waals surface area contributed by atoms with Crippen LogP contribution in [0.15, 0.2) is 65.3 Å². The Hall–Kier alpha value is -3.68. The zero-order valence-corrected chi connectivity index (χ0v) is 14.6. The molecule has 3 N–H and O–H groups in total. The van der Waals surface area contributed by atoms with Crippen LogP contribution in [0.1, 0.15) is 28.9 Å². The molecular formula is C19H19N4O4+. The van der Waals surface area contributed by atoms with Crippen molar-refractivity contribution in [2.24, 2.45) is 0 Å². The Morgan fingerprint density at radius 3 is 2.67 bits per heavy atom. The minimum Gasteiger partial charge on any atom is -0.478 e. The molecular weight excluding hydrogens is 348 g/mol. The number of carboxylic acids is 1. The van der Waals surface area contributed by atoms with Crippen LogP contribution in [0.4, 0.5) is 16.4 Å². The maximum Gasteiger partial charge on any atom is 0.335 e. The van der Waals surface area contributed by atoms with Crippen LogP contribution >= 0.6 is 0 Å². The van der Waals surface area contributed by atoms with Gasteiger partial charge in [0.25, 0.3) is 6.20 Å². The number of carboxylic acid groups (broad SMARTS) is 1.